The molecule has 1 saturated heterocycles. The molecule has 1 fully saturated rings. The van der Waals surface area contributed by atoms with Crippen molar-refractivity contribution < 1.29 is 27.5 Å². The van der Waals surface area contributed by atoms with Crippen LogP contribution in [0.3, 0.4) is 0 Å². The maximum Gasteiger partial charge on any atom is 0.344 e. The monoisotopic (exact) mass is 411 g/mol. The lowest BCUT2D eigenvalue weighted by molar-refractivity contribution is -0.161. The van der Waals surface area contributed by atoms with Gasteiger partial charge in [-0.3, -0.25) is 4.79 Å². The van der Waals surface area contributed by atoms with Crippen LogP contribution < -0.4 is 4.74 Å². The summed E-state index contributed by atoms with van der Waals surface area (Å²) in [6.07, 6.45) is -0.586. The summed E-state index contributed by atoms with van der Waals surface area (Å²) in [5.74, 6) is -0.357. The van der Waals surface area contributed by atoms with E-state index in [1.165, 1.54) is 11.8 Å². The molecule has 2 rings (SSSR count). The minimum Gasteiger partial charge on any atom is -0.481 e. The standard InChI is InChI=1S/C20H29NO6S/c1-6-21(17-7-8-28(24,25)12-17)20(23)16(5)27-18(22)11-26-19-14(3)9-13(2)10-15(19)4/h9-10,16-17H,6-8,11-12H2,1-5H3/t16-,17-/m0/s1. The molecule has 28 heavy (non-hydrogen) atoms. The van der Waals surface area contributed by atoms with E-state index < -0.39 is 21.9 Å². The third-order valence-electron chi connectivity index (χ3n) is 4.87. The van der Waals surface area contributed by atoms with Gasteiger partial charge in [-0.2, -0.15) is 0 Å². The third-order valence-corrected chi connectivity index (χ3v) is 6.62. The van der Waals surface area contributed by atoms with Gasteiger partial charge in [0.1, 0.15) is 5.75 Å². The lowest BCUT2D eigenvalue weighted by atomic mass is 10.1. The molecule has 8 heteroatoms. The van der Waals surface area contributed by atoms with Gasteiger partial charge >= 0.3 is 5.97 Å². The fourth-order valence-corrected chi connectivity index (χ4v) is 5.39. The van der Waals surface area contributed by atoms with Gasteiger partial charge in [0.25, 0.3) is 5.91 Å². The lowest BCUT2D eigenvalue weighted by Crippen LogP contribution is -2.46. The van der Waals surface area contributed by atoms with Crippen LogP contribution in [0.25, 0.3) is 0 Å². The normalized spacial score (nSPS) is 19.1. The number of nitrogens with zero attached hydrogens (tertiary/aromatic N) is 1. The van der Waals surface area contributed by atoms with E-state index in [1.54, 1.807) is 6.92 Å². The molecule has 156 valence electrons. The van der Waals surface area contributed by atoms with Gasteiger partial charge in [0.2, 0.25) is 0 Å². The molecule has 0 saturated carbocycles. The number of esters is 1. The van der Waals surface area contributed by atoms with Crippen molar-refractivity contribution in [3.8, 4) is 5.75 Å². The zero-order valence-corrected chi connectivity index (χ0v) is 18.0. The van der Waals surface area contributed by atoms with Crippen LogP contribution in [0.4, 0.5) is 0 Å². The van der Waals surface area contributed by atoms with E-state index in [-0.39, 0.29) is 30.1 Å². The van der Waals surface area contributed by atoms with E-state index in [0.29, 0.717) is 18.7 Å². The summed E-state index contributed by atoms with van der Waals surface area (Å²) in [4.78, 5) is 26.3. The van der Waals surface area contributed by atoms with Crippen LogP contribution in [0.2, 0.25) is 0 Å². The topological polar surface area (TPSA) is 90.0 Å². The molecule has 2 atom stereocenters. The summed E-state index contributed by atoms with van der Waals surface area (Å²) in [6.45, 7) is 9.13. The number of hydrogen-bond acceptors (Lipinski definition) is 6. The highest BCUT2D eigenvalue weighted by Gasteiger charge is 2.36. The van der Waals surface area contributed by atoms with Crippen LogP contribution in [0, 0.1) is 20.8 Å². The van der Waals surface area contributed by atoms with Crippen LogP contribution >= 0.6 is 0 Å². The molecule has 0 aliphatic carbocycles. The Kier molecular flexibility index (Phi) is 7.09. The highest BCUT2D eigenvalue weighted by atomic mass is 32.2. The molecule has 1 aliphatic rings. The largest absolute Gasteiger partial charge is 0.481 e. The highest BCUT2D eigenvalue weighted by Crippen LogP contribution is 2.24. The molecule has 1 aromatic rings. The fourth-order valence-electron chi connectivity index (χ4n) is 3.66. The summed E-state index contributed by atoms with van der Waals surface area (Å²) >= 11 is 0. The van der Waals surface area contributed by atoms with Gasteiger partial charge < -0.3 is 14.4 Å². The summed E-state index contributed by atoms with van der Waals surface area (Å²) in [5.41, 5.74) is 2.96. The lowest BCUT2D eigenvalue weighted by Gasteiger charge is -2.29. The predicted molar refractivity (Wildman–Crippen MR) is 106 cm³/mol. The highest BCUT2D eigenvalue weighted by molar-refractivity contribution is 7.91. The first-order valence-corrected chi connectivity index (χ1v) is 11.3. The van der Waals surface area contributed by atoms with Crippen molar-refractivity contribution in [3.05, 3.63) is 28.8 Å². The molecule has 0 N–H and O–H groups in total. The number of sulfone groups is 1. The number of amides is 1. The van der Waals surface area contributed by atoms with Crippen molar-refractivity contribution in [2.45, 2.75) is 53.2 Å². The second-order valence-corrected chi connectivity index (χ2v) is 9.56. The Morgan fingerprint density at radius 2 is 1.82 bits per heavy atom. The number of rotatable bonds is 7. The maximum atomic E-state index is 12.6. The number of benzene rings is 1. The van der Waals surface area contributed by atoms with Gasteiger partial charge in [0.05, 0.1) is 11.5 Å². The van der Waals surface area contributed by atoms with Crippen LogP contribution in [0.15, 0.2) is 12.1 Å². The van der Waals surface area contributed by atoms with Crippen molar-refractivity contribution in [3.63, 3.8) is 0 Å². The Hall–Kier alpha value is -2.09. The Labute approximate surface area is 166 Å². The average molecular weight is 412 g/mol. The van der Waals surface area contributed by atoms with Gasteiger partial charge in [-0.1, -0.05) is 17.7 Å². The molecule has 0 aromatic heterocycles. The Balaban J connectivity index is 1.93. The minimum atomic E-state index is -3.11. The molecular weight excluding hydrogens is 382 g/mol. The average Bonchev–Trinajstić information content (AvgIpc) is 2.94. The molecule has 7 nitrogen and oxygen atoms in total. The van der Waals surface area contributed by atoms with E-state index in [1.807, 2.05) is 32.9 Å². The van der Waals surface area contributed by atoms with Crippen LogP contribution in [-0.4, -0.2) is 62.0 Å². The van der Waals surface area contributed by atoms with Gasteiger partial charge in [-0.15, -0.1) is 0 Å². The molecule has 1 aliphatic heterocycles. The maximum absolute atomic E-state index is 12.6. The quantitative estimate of drug-likeness (QED) is 0.637. The molecular formula is C20H29NO6S. The molecule has 1 heterocycles. The zero-order valence-electron chi connectivity index (χ0n) is 17.1. The van der Waals surface area contributed by atoms with E-state index in [2.05, 4.69) is 0 Å². The van der Waals surface area contributed by atoms with Gasteiger partial charge in [-0.05, 0) is 52.2 Å². The smallest absolute Gasteiger partial charge is 0.344 e. The summed E-state index contributed by atoms with van der Waals surface area (Å²) in [7, 11) is -3.11. The first-order valence-electron chi connectivity index (χ1n) is 9.45. The van der Waals surface area contributed by atoms with Gasteiger partial charge in [-0.25, -0.2) is 13.2 Å². The van der Waals surface area contributed by atoms with E-state index in [4.69, 9.17) is 9.47 Å². The third kappa shape index (κ3) is 5.47. The van der Waals surface area contributed by atoms with Gasteiger partial charge in [0.15, 0.2) is 22.5 Å². The first kappa shape index (κ1) is 22.2. The number of carbonyl (C=O) groups excluding carboxylic acids is 2. The SMILES string of the molecule is CCN(C(=O)[C@H](C)OC(=O)COc1c(C)cc(C)cc1C)[C@H]1CCS(=O)(=O)C1. The van der Waals surface area contributed by atoms with Crippen molar-refractivity contribution in [1.82, 2.24) is 4.90 Å². The van der Waals surface area contributed by atoms with E-state index >= 15 is 0 Å². The minimum absolute atomic E-state index is 0.0394. The molecule has 1 amide bonds. The number of carbonyl (C=O) groups is 2. The van der Waals surface area contributed by atoms with Crippen LogP contribution in [0.1, 0.15) is 37.0 Å². The van der Waals surface area contributed by atoms with Crippen molar-refractivity contribution >= 4 is 21.7 Å². The fraction of sp³-hybridized carbons (Fsp3) is 0.600. The summed E-state index contributed by atoms with van der Waals surface area (Å²) in [6, 6.07) is 3.57. The zero-order chi connectivity index (χ0) is 21.1. The van der Waals surface area contributed by atoms with Crippen molar-refractivity contribution in [1.29, 1.82) is 0 Å². The molecule has 0 unspecified atom stereocenters. The van der Waals surface area contributed by atoms with Gasteiger partial charge in [0, 0.05) is 12.6 Å². The van der Waals surface area contributed by atoms with Crippen LogP contribution in [0.5, 0.6) is 5.75 Å². The summed E-state index contributed by atoms with van der Waals surface area (Å²) in [5, 5.41) is 0. The van der Waals surface area contributed by atoms with Crippen LogP contribution in [-0.2, 0) is 24.2 Å². The first-order chi connectivity index (χ1) is 13.0. The number of ether oxygens (including phenoxy) is 2. The van der Waals surface area contributed by atoms with E-state index in [9.17, 15) is 18.0 Å². The predicted octanol–water partition coefficient (Wildman–Crippen LogP) is 1.96. The Morgan fingerprint density at radius 1 is 1.21 bits per heavy atom. The molecule has 0 spiro atoms. The summed E-state index contributed by atoms with van der Waals surface area (Å²) < 4.78 is 34.2. The Morgan fingerprint density at radius 3 is 2.32 bits per heavy atom. The number of aryl methyl sites for hydroxylation is 3. The second-order valence-electron chi connectivity index (χ2n) is 7.33. The number of likely N-dealkylation sites (N-methyl/N-ethyl adjacent to an activating group) is 1. The molecule has 1 aromatic carbocycles. The molecule has 0 radical (unpaired) electrons. The van der Waals surface area contributed by atoms with Crippen molar-refractivity contribution in [2.24, 2.45) is 0 Å². The molecule has 0 bridgehead atoms. The second kappa shape index (κ2) is 8.94. The Bertz CT molecular complexity index is 825. The van der Waals surface area contributed by atoms with Crippen molar-refractivity contribution in [2.75, 3.05) is 24.7 Å². The number of hydrogen-bond donors (Lipinski definition) is 0. The van der Waals surface area contributed by atoms with E-state index in [0.717, 1.165) is 16.7 Å².